The molecule has 2 aromatic heterocycles. The number of hydrogen-bond donors (Lipinski definition) is 3. The van der Waals surface area contributed by atoms with Crippen LogP contribution in [0.15, 0.2) is 46.9 Å². The normalized spacial score (nSPS) is 13.3. The number of thioether (sulfide) groups is 1. The van der Waals surface area contributed by atoms with Gasteiger partial charge in [-0.2, -0.15) is 0 Å². The molecule has 0 spiro atoms. The Bertz CT molecular complexity index is 950. The first-order valence-electron chi connectivity index (χ1n) is 8.48. The van der Waals surface area contributed by atoms with E-state index in [1.165, 1.54) is 11.8 Å². The van der Waals surface area contributed by atoms with Crippen LogP contribution in [0.5, 0.6) is 0 Å². The third kappa shape index (κ3) is 4.55. The van der Waals surface area contributed by atoms with E-state index in [0.29, 0.717) is 22.2 Å². The minimum atomic E-state index is -0.214. The van der Waals surface area contributed by atoms with Crippen LogP contribution >= 0.6 is 23.1 Å². The molecule has 1 saturated carbocycles. The van der Waals surface area contributed by atoms with Gasteiger partial charge in [0.15, 0.2) is 5.82 Å². The van der Waals surface area contributed by atoms with Crippen LogP contribution in [0.4, 0.5) is 5.69 Å². The van der Waals surface area contributed by atoms with Crippen LogP contribution in [0.3, 0.4) is 0 Å². The molecule has 4 rings (SSSR count). The lowest BCUT2D eigenvalue weighted by molar-refractivity contribution is -0.113. The number of aromatic amines is 1. The van der Waals surface area contributed by atoms with Crippen molar-refractivity contribution >= 4 is 40.6 Å². The fraction of sp³-hybridized carbons (Fsp3) is 0.222. The molecular formula is C18H17N5O2S2. The molecule has 1 aliphatic rings. The summed E-state index contributed by atoms with van der Waals surface area (Å²) in [6.07, 6.45) is 2.03. The highest BCUT2D eigenvalue weighted by atomic mass is 32.2. The molecule has 27 heavy (non-hydrogen) atoms. The molecule has 0 atom stereocenters. The molecule has 1 aromatic carbocycles. The summed E-state index contributed by atoms with van der Waals surface area (Å²) in [5.74, 6) is 0.472. The van der Waals surface area contributed by atoms with E-state index in [4.69, 9.17) is 0 Å². The molecule has 1 aliphatic carbocycles. The van der Waals surface area contributed by atoms with Crippen molar-refractivity contribution in [2.45, 2.75) is 24.0 Å². The summed E-state index contributed by atoms with van der Waals surface area (Å²) in [6, 6.07) is 11.2. The third-order valence-electron chi connectivity index (χ3n) is 3.91. The number of aromatic nitrogens is 3. The van der Waals surface area contributed by atoms with E-state index in [1.807, 2.05) is 17.5 Å². The Morgan fingerprint density at radius 2 is 2.07 bits per heavy atom. The Morgan fingerprint density at radius 1 is 1.22 bits per heavy atom. The molecule has 0 unspecified atom stereocenters. The van der Waals surface area contributed by atoms with Crippen molar-refractivity contribution in [3.63, 3.8) is 0 Å². The van der Waals surface area contributed by atoms with Crippen LogP contribution in [0, 0.1) is 0 Å². The third-order valence-corrected chi connectivity index (χ3v) is 5.63. The summed E-state index contributed by atoms with van der Waals surface area (Å²) in [5, 5.41) is 15.2. The van der Waals surface area contributed by atoms with E-state index >= 15 is 0 Å². The molecule has 7 nitrogen and oxygen atoms in total. The first-order chi connectivity index (χ1) is 13.2. The monoisotopic (exact) mass is 399 g/mol. The highest BCUT2D eigenvalue weighted by Crippen LogP contribution is 2.24. The van der Waals surface area contributed by atoms with Gasteiger partial charge in [0.2, 0.25) is 11.1 Å². The number of carbonyl (C=O) groups is 2. The van der Waals surface area contributed by atoms with Crippen molar-refractivity contribution in [3.05, 3.63) is 47.3 Å². The van der Waals surface area contributed by atoms with Crippen molar-refractivity contribution in [1.29, 1.82) is 0 Å². The smallest absolute Gasteiger partial charge is 0.253 e. The molecule has 3 aromatic rings. The number of hydrogen-bond acceptors (Lipinski definition) is 6. The fourth-order valence-electron chi connectivity index (χ4n) is 2.43. The zero-order valence-corrected chi connectivity index (χ0v) is 15.9. The van der Waals surface area contributed by atoms with E-state index in [1.54, 1.807) is 35.6 Å². The van der Waals surface area contributed by atoms with Gasteiger partial charge < -0.3 is 10.6 Å². The number of benzene rings is 1. The molecular weight excluding hydrogens is 382 g/mol. The second-order valence-electron chi connectivity index (χ2n) is 6.07. The van der Waals surface area contributed by atoms with Gasteiger partial charge in [0.05, 0.1) is 21.9 Å². The predicted molar refractivity (Wildman–Crippen MR) is 106 cm³/mol. The Labute approximate surface area is 164 Å². The highest BCUT2D eigenvalue weighted by Gasteiger charge is 2.25. The fourth-order valence-corrected chi connectivity index (χ4v) is 3.69. The quantitative estimate of drug-likeness (QED) is 0.530. The van der Waals surface area contributed by atoms with Gasteiger partial charge >= 0.3 is 0 Å². The number of rotatable bonds is 7. The lowest BCUT2D eigenvalue weighted by Gasteiger charge is -2.10. The van der Waals surface area contributed by atoms with Gasteiger partial charge in [0.25, 0.3) is 5.91 Å². The molecule has 9 heteroatoms. The van der Waals surface area contributed by atoms with Crippen LogP contribution in [0.2, 0.25) is 0 Å². The first kappa shape index (κ1) is 17.7. The molecule has 0 bridgehead atoms. The van der Waals surface area contributed by atoms with Crippen molar-refractivity contribution in [3.8, 4) is 10.7 Å². The number of thiophene rings is 1. The van der Waals surface area contributed by atoms with Gasteiger partial charge in [-0.3, -0.25) is 14.7 Å². The van der Waals surface area contributed by atoms with Crippen molar-refractivity contribution in [2.75, 3.05) is 11.1 Å². The Hall–Kier alpha value is -2.65. The standard InChI is InChI=1S/C18H17N5O2S2/c24-15(10-27-18-21-16(22-23-18)14-6-3-9-26-14)20-13-5-2-1-4-12(13)17(25)19-11-7-8-11/h1-6,9,11H,7-8,10H2,(H,19,25)(H,20,24)(H,21,22,23). The van der Waals surface area contributed by atoms with Crippen LogP contribution in [0.25, 0.3) is 10.7 Å². The van der Waals surface area contributed by atoms with Gasteiger partial charge in [0, 0.05) is 6.04 Å². The average Bonchev–Trinajstić information content (AvgIpc) is 3.13. The maximum absolute atomic E-state index is 12.3. The maximum Gasteiger partial charge on any atom is 0.253 e. The van der Waals surface area contributed by atoms with Crippen LogP contribution in [-0.2, 0) is 4.79 Å². The molecule has 2 amide bonds. The van der Waals surface area contributed by atoms with Crippen molar-refractivity contribution in [1.82, 2.24) is 20.5 Å². The number of carbonyl (C=O) groups excluding carboxylic acids is 2. The van der Waals surface area contributed by atoms with Gasteiger partial charge in [-0.05, 0) is 36.4 Å². The summed E-state index contributed by atoms with van der Waals surface area (Å²) < 4.78 is 0. The molecule has 3 N–H and O–H groups in total. The predicted octanol–water partition coefficient (Wildman–Crippen LogP) is 3.16. The largest absolute Gasteiger partial charge is 0.349 e. The highest BCUT2D eigenvalue weighted by molar-refractivity contribution is 7.99. The molecule has 138 valence electrons. The van der Waals surface area contributed by atoms with E-state index < -0.39 is 0 Å². The van der Waals surface area contributed by atoms with Crippen molar-refractivity contribution in [2.24, 2.45) is 0 Å². The van der Waals surface area contributed by atoms with E-state index in [0.717, 1.165) is 17.7 Å². The Morgan fingerprint density at radius 3 is 2.85 bits per heavy atom. The zero-order valence-electron chi connectivity index (χ0n) is 14.3. The number of nitrogens with zero attached hydrogens (tertiary/aromatic N) is 2. The minimum absolute atomic E-state index is 0.153. The Balaban J connectivity index is 1.35. The maximum atomic E-state index is 12.3. The summed E-state index contributed by atoms with van der Waals surface area (Å²) in [6.45, 7) is 0. The topological polar surface area (TPSA) is 99.8 Å². The lowest BCUT2D eigenvalue weighted by atomic mass is 10.1. The average molecular weight is 400 g/mol. The van der Waals surface area contributed by atoms with Gasteiger partial charge in [-0.15, -0.1) is 16.4 Å². The lowest BCUT2D eigenvalue weighted by Crippen LogP contribution is -2.27. The van der Waals surface area contributed by atoms with Crippen LogP contribution in [0.1, 0.15) is 23.2 Å². The Kier molecular flexibility index (Phi) is 5.21. The summed E-state index contributed by atoms with van der Waals surface area (Å²) >= 11 is 2.81. The van der Waals surface area contributed by atoms with Crippen molar-refractivity contribution < 1.29 is 9.59 Å². The SMILES string of the molecule is O=C(CSc1n[nH]c(-c2cccs2)n1)Nc1ccccc1C(=O)NC1CC1. The second-order valence-corrected chi connectivity index (χ2v) is 7.96. The molecule has 1 fully saturated rings. The van der Waals surface area contributed by atoms with E-state index in [-0.39, 0.29) is 23.6 Å². The molecule has 0 radical (unpaired) electrons. The van der Waals surface area contributed by atoms with Gasteiger partial charge in [-0.1, -0.05) is 30.0 Å². The molecule has 0 saturated heterocycles. The second kappa shape index (κ2) is 7.93. The summed E-state index contributed by atoms with van der Waals surface area (Å²) in [5.41, 5.74) is 0.983. The number of anilines is 1. The number of H-pyrrole nitrogens is 1. The van der Waals surface area contributed by atoms with Crippen LogP contribution < -0.4 is 10.6 Å². The molecule has 2 heterocycles. The van der Waals surface area contributed by atoms with Gasteiger partial charge in [0.1, 0.15) is 0 Å². The molecule has 0 aliphatic heterocycles. The van der Waals surface area contributed by atoms with Gasteiger partial charge in [-0.25, -0.2) is 4.98 Å². The number of amides is 2. The van der Waals surface area contributed by atoms with E-state index in [2.05, 4.69) is 25.8 Å². The minimum Gasteiger partial charge on any atom is -0.349 e. The van der Waals surface area contributed by atoms with Crippen LogP contribution in [-0.4, -0.2) is 38.8 Å². The summed E-state index contributed by atoms with van der Waals surface area (Å²) in [7, 11) is 0. The van der Waals surface area contributed by atoms with E-state index in [9.17, 15) is 9.59 Å². The first-order valence-corrected chi connectivity index (χ1v) is 10.3. The zero-order chi connectivity index (χ0) is 18.6. The summed E-state index contributed by atoms with van der Waals surface area (Å²) in [4.78, 5) is 30.0. The number of para-hydroxylation sites is 1. The number of nitrogens with one attached hydrogen (secondary N) is 3.